The molecule has 0 saturated heterocycles. The highest BCUT2D eigenvalue weighted by Crippen LogP contribution is 2.38. The van der Waals surface area contributed by atoms with Gasteiger partial charge >= 0.3 is 5.97 Å². The maximum Gasteiger partial charge on any atom is 0.341 e. The summed E-state index contributed by atoms with van der Waals surface area (Å²) in [7, 11) is 0. The SMILES string of the molecule is O=C(O)c1cn(Cc2noc(C3CC3)n2)c2ccc(I)cc2c1=O. The predicted octanol–water partition coefficient (Wildman–Crippen LogP) is 2.61. The number of benzene rings is 1. The third kappa shape index (κ3) is 2.70. The fourth-order valence-corrected chi connectivity index (χ4v) is 3.12. The van der Waals surface area contributed by atoms with Crippen molar-refractivity contribution in [3.8, 4) is 0 Å². The average molecular weight is 437 g/mol. The first-order valence-electron chi connectivity index (χ1n) is 7.41. The molecule has 3 aromatic rings. The molecule has 7 nitrogen and oxygen atoms in total. The molecule has 0 unspecified atom stereocenters. The number of carboxylic acids is 1. The number of aromatic nitrogens is 3. The minimum absolute atomic E-state index is 0.244. The van der Waals surface area contributed by atoms with Crippen molar-refractivity contribution in [2.75, 3.05) is 0 Å². The van der Waals surface area contributed by atoms with Gasteiger partial charge in [0.15, 0.2) is 5.82 Å². The maximum atomic E-state index is 12.4. The summed E-state index contributed by atoms with van der Waals surface area (Å²) in [4.78, 5) is 28.1. The van der Waals surface area contributed by atoms with Crippen molar-refractivity contribution in [1.82, 2.24) is 14.7 Å². The Morgan fingerprint density at radius 1 is 1.42 bits per heavy atom. The van der Waals surface area contributed by atoms with Crippen molar-refractivity contribution in [1.29, 1.82) is 0 Å². The highest BCUT2D eigenvalue weighted by Gasteiger charge is 2.29. The van der Waals surface area contributed by atoms with E-state index >= 15 is 0 Å². The second-order valence-electron chi connectivity index (χ2n) is 5.79. The molecule has 122 valence electrons. The third-order valence-electron chi connectivity index (χ3n) is 3.99. The first-order chi connectivity index (χ1) is 11.5. The van der Waals surface area contributed by atoms with Crippen LogP contribution in [-0.4, -0.2) is 25.8 Å². The summed E-state index contributed by atoms with van der Waals surface area (Å²) < 4.78 is 7.78. The second-order valence-corrected chi connectivity index (χ2v) is 7.04. The number of rotatable bonds is 4. The summed E-state index contributed by atoms with van der Waals surface area (Å²) in [5.74, 6) is 0.203. The van der Waals surface area contributed by atoms with Crippen LogP contribution in [0.1, 0.15) is 40.8 Å². The Bertz CT molecular complexity index is 1020. The molecule has 8 heteroatoms. The summed E-state index contributed by atoms with van der Waals surface area (Å²) in [5, 5.41) is 13.6. The minimum Gasteiger partial charge on any atom is -0.477 e. The summed E-state index contributed by atoms with van der Waals surface area (Å²) in [6, 6.07) is 5.35. The van der Waals surface area contributed by atoms with Gasteiger partial charge in [0.2, 0.25) is 11.3 Å². The molecule has 2 aromatic heterocycles. The molecule has 1 aliphatic rings. The fraction of sp³-hybridized carbons (Fsp3) is 0.250. The Morgan fingerprint density at radius 3 is 2.92 bits per heavy atom. The third-order valence-corrected chi connectivity index (χ3v) is 4.67. The highest BCUT2D eigenvalue weighted by atomic mass is 127. The van der Waals surface area contributed by atoms with E-state index in [4.69, 9.17) is 4.52 Å². The summed E-state index contributed by atoms with van der Waals surface area (Å²) in [6.45, 7) is 0.244. The molecular weight excluding hydrogens is 425 g/mol. The maximum absolute atomic E-state index is 12.4. The number of fused-ring (bicyclic) bond motifs is 1. The molecule has 1 saturated carbocycles. The van der Waals surface area contributed by atoms with Gasteiger partial charge in [0.1, 0.15) is 5.56 Å². The number of nitrogens with zero attached hydrogens (tertiary/aromatic N) is 3. The first-order valence-corrected chi connectivity index (χ1v) is 8.49. The predicted molar refractivity (Wildman–Crippen MR) is 93.3 cm³/mol. The van der Waals surface area contributed by atoms with Crippen molar-refractivity contribution in [2.24, 2.45) is 0 Å². The number of carboxylic acid groups (broad SMARTS) is 1. The highest BCUT2D eigenvalue weighted by molar-refractivity contribution is 14.1. The monoisotopic (exact) mass is 437 g/mol. The van der Waals surface area contributed by atoms with Crippen molar-refractivity contribution in [2.45, 2.75) is 25.3 Å². The van der Waals surface area contributed by atoms with Crippen LogP contribution in [0, 0.1) is 3.57 Å². The van der Waals surface area contributed by atoms with Crippen LogP contribution in [0.5, 0.6) is 0 Å². The van der Waals surface area contributed by atoms with Crippen LogP contribution in [0.15, 0.2) is 33.7 Å². The van der Waals surface area contributed by atoms with Crippen LogP contribution in [0.4, 0.5) is 0 Å². The molecule has 1 fully saturated rings. The molecule has 1 aliphatic carbocycles. The van der Waals surface area contributed by atoms with Gasteiger partial charge in [0.05, 0.1) is 12.1 Å². The smallest absolute Gasteiger partial charge is 0.341 e. The van der Waals surface area contributed by atoms with E-state index in [1.165, 1.54) is 6.20 Å². The molecule has 1 N–H and O–H groups in total. The van der Waals surface area contributed by atoms with E-state index in [2.05, 4.69) is 32.7 Å². The van der Waals surface area contributed by atoms with Crippen molar-refractivity contribution < 1.29 is 14.4 Å². The van der Waals surface area contributed by atoms with Crippen LogP contribution < -0.4 is 5.43 Å². The van der Waals surface area contributed by atoms with Gasteiger partial charge in [-0.2, -0.15) is 4.98 Å². The quantitative estimate of drug-likeness (QED) is 0.631. The lowest BCUT2D eigenvalue weighted by molar-refractivity contribution is 0.0695. The van der Waals surface area contributed by atoms with Gasteiger partial charge in [-0.25, -0.2) is 4.79 Å². The van der Waals surface area contributed by atoms with E-state index < -0.39 is 11.4 Å². The number of pyridine rings is 1. The number of carbonyl (C=O) groups is 1. The summed E-state index contributed by atoms with van der Waals surface area (Å²) in [5.41, 5.74) is -0.113. The van der Waals surface area contributed by atoms with Crippen LogP contribution in [0.2, 0.25) is 0 Å². The van der Waals surface area contributed by atoms with E-state index in [9.17, 15) is 14.7 Å². The lowest BCUT2D eigenvalue weighted by atomic mass is 10.1. The molecule has 0 atom stereocenters. The van der Waals surface area contributed by atoms with Gasteiger partial charge in [-0.1, -0.05) is 5.16 Å². The van der Waals surface area contributed by atoms with Gasteiger partial charge < -0.3 is 14.2 Å². The number of aromatic carboxylic acids is 1. The molecule has 0 bridgehead atoms. The average Bonchev–Trinajstić information content (AvgIpc) is 3.29. The van der Waals surface area contributed by atoms with E-state index in [1.807, 2.05) is 6.07 Å². The van der Waals surface area contributed by atoms with Crippen LogP contribution in [0.3, 0.4) is 0 Å². The lowest BCUT2D eigenvalue weighted by Crippen LogP contribution is -2.19. The van der Waals surface area contributed by atoms with Gasteiger partial charge in [-0.05, 0) is 53.6 Å². The van der Waals surface area contributed by atoms with Crippen molar-refractivity contribution in [3.05, 3.63) is 55.5 Å². The normalized spacial score (nSPS) is 14.2. The Morgan fingerprint density at radius 2 is 2.21 bits per heavy atom. The Labute approximate surface area is 149 Å². The van der Waals surface area contributed by atoms with E-state index in [-0.39, 0.29) is 12.1 Å². The van der Waals surface area contributed by atoms with Crippen molar-refractivity contribution in [3.63, 3.8) is 0 Å². The van der Waals surface area contributed by atoms with Crippen LogP contribution >= 0.6 is 22.6 Å². The molecule has 24 heavy (non-hydrogen) atoms. The topological polar surface area (TPSA) is 98.2 Å². The molecule has 4 rings (SSSR count). The van der Waals surface area contributed by atoms with E-state index in [0.29, 0.717) is 28.5 Å². The zero-order valence-electron chi connectivity index (χ0n) is 12.4. The molecule has 0 aliphatic heterocycles. The standard InChI is InChI=1S/C16H12IN3O4/c17-9-3-4-12-10(5-9)14(21)11(16(22)23)6-20(12)7-13-18-15(24-19-13)8-1-2-8/h3-6,8H,1-2,7H2,(H,22,23). The molecule has 2 heterocycles. The van der Waals surface area contributed by atoms with Crippen molar-refractivity contribution >= 4 is 39.5 Å². The van der Waals surface area contributed by atoms with Gasteiger partial charge in [-0.3, -0.25) is 4.79 Å². The summed E-state index contributed by atoms with van der Waals surface area (Å²) >= 11 is 2.09. The number of hydrogen-bond acceptors (Lipinski definition) is 5. The van der Waals surface area contributed by atoms with E-state index in [0.717, 1.165) is 16.4 Å². The zero-order chi connectivity index (χ0) is 16.8. The van der Waals surface area contributed by atoms with Crippen LogP contribution in [-0.2, 0) is 6.54 Å². The number of hydrogen-bond donors (Lipinski definition) is 1. The zero-order valence-corrected chi connectivity index (χ0v) is 14.6. The Kier molecular flexibility index (Phi) is 3.63. The Balaban J connectivity index is 1.84. The molecule has 0 radical (unpaired) electrons. The fourth-order valence-electron chi connectivity index (χ4n) is 2.63. The lowest BCUT2D eigenvalue weighted by Gasteiger charge is -2.10. The largest absolute Gasteiger partial charge is 0.477 e. The minimum atomic E-state index is -1.25. The molecule has 1 aromatic carbocycles. The molecule has 0 spiro atoms. The Hall–Kier alpha value is -2.23. The first kappa shape index (κ1) is 15.3. The van der Waals surface area contributed by atoms with Gasteiger partial charge in [0.25, 0.3) is 0 Å². The molecular formula is C16H12IN3O4. The van der Waals surface area contributed by atoms with Crippen LogP contribution in [0.25, 0.3) is 10.9 Å². The van der Waals surface area contributed by atoms with Gasteiger partial charge in [-0.15, -0.1) is 0 Å². The van der Waals surface area contributed by atoms with Gasteiger partial charge in [0, 0.05) is 21.1 Å². The summed E-state index contributed by atoms with van der Waals surface area (Å²) in [6.07, 6.45) is 3.46. The molecule has 0 amide bonds. The second kappa shape index (κ2) is 5.69. The number of halogens is 1. The van der Waals surface area contributed by atoms with E-state index in [1.54, 1.807) is 16.7 Å².